The van der Waals surface area contributed by atoms with Crippen LogP contribution in [0.25, 0.3) is 0 Å². The van der Waals surface area contributed by atoms with Gasteiger partial charge in [-0.05, 0) is 52.6 Å². The zero-order chi connectivity index (χ0) is 31.1. The SMILES string of the molecule is CC(C)(C)OC(=O)CCOCCOCCOCCOCCOCCOCCOCCOCCN1C(=O)C(Br)=C(Br)C1=O. The first-order valence-electron chi connectivity index (χ1n) is 13.9. The van der Waals surface area contributed by atoms with Crippen molar-refractivity contribution in [3.8, 4) is 0 Å². The molecule has 244 valence electrons. The molecule has 0 aromatic rings. The number of rotatable bonds is 27. The van der Waals surface area contributed by atoms with Crippen molar-refractivity contribution in [2.75, 3.05) is 112 Å². The molecule has 0 atom stereocenters. The highest BCUT2D eigenvalue weighted by Crippen LogP contribution is 2.29. The second kappa shape index (κ2) is 24.3. The summed E-state index contributed by atoms with van der Waals surface area (Å²) in [5.74, 6) is -1.03. The van der Waals surface area contributed by atoms with E-state index in [0.717, 1.165) is 4.90 Å². The van der Waals surface area contributed by atoms with Crippen molar-refractivity contribution in [1.82, 2.24) is 4.90 Å². The second-order valence-corrected chi connectivity index (χ2v) is 11.2. The average Bonchev–Trinajstić information content (AvgIpc) is 3.11. The number of hydrogen-bond donors (Lipinski definition) is 0. The zero-order valence-electron chi connectivity index (χ0n) is 24.8. The van der Waals surface area contributed by atoms with Crippen LogP contribution in [0.4, 0.5) is 0 Å². The molecule has 1 rings (SSSR count). The molecule has 0 aliphatic carbocycles. The van der Waals surface area contributed by atoms with Gasteiger partial charge in [-0.25, -0.2) is 0 Å². The summed E-state index contributed by atoms with van der Waals surface area (Å²) < 4.78 is 49.0. The Bertz CT molecular complexity index is 782. The van der Waals surface area contributed by atoms with Gasteiger partial charge in [-0.3, -0.25) is 19.3 Å². The monoisotopic (exact) mass is 733 g/mol. The van der Waals surface area contributed by atoms with E-state index in [4.69, 9.17) is 42.6 Å². The van der Waals surface area contributed by atoms with Gasteiger partial charge in [0.05, 0.1) is 119 Å². The number of esters is 1. The summed E-state index contributed by atoms with van der Waals surface area (Å²) in [6.45, 7) is 12.3. The standard InChI is InChI=1S/C27H45Br2NO12/c1-27(2,3)42-22(31)4-6-34-8-10-36-12-14-38-16-18-40-20-21-41-19-17-39-15-13-37-11-9-35-7-5-30-25(32)23(28)24(29)26(30)33/h4-21H2,1-3H3. The van der Waals surface area contributed by atoms with Gasteiger partial charge in [0.1, 0.15) is 14.6 Å². The molecule has 0 saturated heterocycles. The van der Waals surface area contributed by atoms with Gasteiger partial charge in [0.25, 0.3) is 11.8 Å². The molecule has 1 aliphatic rings. The fourth-order valence-electron chi connectivity index (χ4n) is 3.07. The summed E-state index contributed by atoms with van der Waals surface area (Å²) in [4.78, 5) is 36.4. The van der Waals surface area contributed by atoms with Crippen molar-refractivity contribution < 1.29 is 57.0 Å². The fraction of sp³-hybridized carbons (Fsp3) is 0.815. The summed E-state index contributed by atoms with van der Waals surface area (Å²) in [5.41, 5.74) is -0.480. The number of carbonyl (C=O) groups is 3. The van der Waals surface area contributed by atoms with E-state index in [1.165, 1.54) is 0 Å². The van der Waals surface area contributed by atoms with E-state index in [-0.39, 0.29) is 46.3 Å². The Morgan fingerprint density at radius 2 is 0.833 bits per heavy atom. The third kappa shape index (κ3) is 20.0. The summed E-state index contributed by atoms with van der Waals surface area (Å²) in [6, 6.07) is 0. The van der Waals surface area contributed by atoms with Crippen molar-refractivity contribution in [1.29, 1.82) is 0 Å². The van der Waals surface area contributed by atoms with Gasteiger partial charge in [-0.1, -0.05) is 0 Å². The molecule has 0 aromatic heterocycles. The van der Waals surface area contributed by atoms with Crippen molar-refractivity contribution in [2.24, 2.45) is 0 Å². The Kier molecular flexibility index (Phi) is 22.6. The first kappa shape index (κ1) is 39.0. The maximum absolute atomic E-state index is 11.9. The van der Waals surface area contributed by atoms with Gasteiger partial charge in [0, 0.05) is 0 Å². The molecule has 0 unspecified atom stereocenters. The van der Waals surface area contributed by atoms with Crippen molar-refractivity contribution in [2.45, 2.75) is 32.8 Å². The van der Waals surface area contributed by atoms with E-state index >= 15 is 0 Å². The summed E-state index contributed by atoms with van der Waals surface area (Å²) in [5, 5.41) is 0. The maximum atomic E-state index is 11.9. The highest BCUT2D eigenvalue weighted by Gasteiger charge is 2.35. The number of halogens is 2. The molecular weight excluding hydrogens is 690 g/mol. The van der Waals surface area contributed by atoms with Crippen LogP contribution in [0.3, 0.4) is 0 Å². The van der Waals surface area contributed by atoms with Gasteiger partial charge in [0.15, 0.2) is 0 Å². The van der Waals surface area contributed by atoms with E-state index < -0.39 is 5.60 Å². The molecule has 1 aliphatic heterocycles. The summed E-state index contributed by atoms with van der Waals surface area (Å²) in [6.07, 6.45) is 0.224. The Balaban J connectivity index is 1.71. The molecule has 0 aromatic carbocycles. The lowest BCUT2D eigenvalue weighted by atomic mass is 10.2. The number of amides is 2. The first-order chi connectivity index (χ1) is 20.1. The van der Waals surface area contributed by atoms with Crippen LogP contribution in [-0.2, 0) is 57.0 Å². The predicted molar refractivity (Wildman–Crippen MR) is 159 cm³/mol. The average molecular weight is 735 g/mol. The van der Waals surface area contributed by atoms with E-state index in [1.54, 1.807) is 0 Å². The van der Waals surface area contributed by atoms with Gasteiger partial charge in [0.2, 0.25) is 0 Å². The van der Waals surface area contributed by atoms with Gasteiger partial charge >= 0.3 is 5.97 Å². The Labute approximate surface area is 265 Å². The lowest BCUT2D eigenvalue weighted by Crippen LogP contribution is -2.34. The van der Waals surface area contributed by atoms with Crippen LogP contribution in [0.2, 0.25) is 0 Å². The van der Waals surface area contributed by atoms with Gasteiger partial charge in [-0.15, -0.1) is 0 Å². The molecule has 0 N–H and O–H groups in total. The number of hydrogen-bond acceptors (Lipinski definition) is 12. The molecule has 1 heterocycles. The van der Waals surface area contributed by atoms with Crippen molar-refractivity contribution in [3.63, 3.8) is 0 Å². The maximum Gasteiger partial charge on any atom is 0.308 e. The number of imide groups is 1. The van der Waals surface area contributed by atoms with Crippen molar-refractivity contribution >= 4 is 49.6 Å². The van der Waals surface area contributed by atoms with Crippen LogP contribution in [0.15, 0.2) is 8.96 Å². The fourth-order valence-corrected chi connectivity index (χ4v) is 3.83. The van der Waals surface area contributed by atoms with Crippen LogP contribution < -0.4 is 0 Å². The van der Waals surface area contributed by atoms with Crippen molar-refractivity contribution in [3.05, 3.63) is 8.96 Å². The normalized spacial score (nSPS) is 14.0. The second-order valence-electron chi connectivity index (χ2n) is 9.63. The Morgan fingerprint density at radius 3 is 1.14 bits per heavy atom. The molecule has 0 spiro atoms. The number of carbonyl (C=O) groups excluding carboxylic acids is 3. The van der Waals surface area contributed by atoms with Gasteiger partial charge < -0.3 is 42.6 Å². The molecule has 15 heteroatoms. The molecule has 13 nitrogen and oxygen atoms in total. The number of nitrogens with zero attached hydrogens (tertiary/aromatic N) is 1. The molecule has 42 heavy (non-hydrogen) atoms. The van der Waals surface area contributed by atoms with Crippen LogP contribution in [0.1, 0.15) is 27.2 Å². The molecule has 0 fully saturated rings. The highest BCUT2D eigenvalue weighted by molar-refractivity contribution is 9.14. The van der Waals surface area contributed by atoms with E-state index in [1.807, 2.05) is 20.8 Å². The lowest BCUT2D eigenvalue weighted by Gasteiger charge is -2.19. The summed E-state index contributed by atoms with van der Waals surface area (Å²) >= 11 is 6.16. The highest BCUT2D eigenvalue weighted by atomic mass is 79.9. The van der Waals surface area contributed by atoms with E-state index in [0.29, 0.717) is 99.1 Å². The Morgan fingerprint density at radius 1 is 0.548 bits per heavy atom. The predicted octanol–water partition coefficient (Wildman–Crippen LogP) is 2.22. The molecule has 0 saturated carbocycles. The van der Waals surface area contributed by atoms with Crippen LogP contribution in [0, 0.1) is 0 Å². The van der Waals surface area contributed by atoms with E-state index in [9.17, 15) is 14.4 Å². The molecule has 2 amide bonds. The summed E-state index contributed by atoms with van der Waals surface area (Å²) in [7, 11) is 0. The Hall–Kier alpha value is -1.01. The molecular formula is C27H45Br2NO12. The number of ether oxygens (including phenoxy) is 9. The zero-order valence-corrected chi connectivity index (χ0v) is 28.0. The lowest BCUT2D eigenvalue weighted by molar-refractivity contribution is -0.156. The minimum absolute atomic E-state index is 0.179. The minimum Gasteiger partial charge on any atom is -0.460 e. The molecule has 0 radical (unpaired) electrons. The third-order valence-electron chi connectivity index (χ3n) is 4.99. The van der Waals surface area contributed by atoms with Crippen LogP contribution in [0.5, 0.6) is 0 Å². The third-order valence-corrected chi connectivity index (χ3v) is 7.00. The van der Waals surface area contributed by atoms with E-state index in [2.05, 4.69) is 31.9 Å². The van der Waals surface area contributed by atoms with Gasteiger partial charge in [-0.2, -0.15) is 0 Å². The molecule has 0 bridgehead atoms. The van der Waals surface area contributed by atoms with Crippen LogP contribution in [-0.4, -0.2) is 141 Å². The van der Waals surface area contributed by atoms with Crippen LogP contribution >= 0.6 is 31.9 Å². The minimum atomic E-state index is -0.480. The quantitative estimate of drug-likeness (QED) is 0.0696. The first-order valence-corrected chi connectivity index (χ1v) is 15.5. The largest absolute Gasteiger partial charge is 0.460 e. The smallest absolute Gasteiger partial charge is 0.308 e. The topological polar surface area (TPSA) is 138 Å².